The summed E-state index contributed by atoms with van der Waals surface area (Å²) in [4.78, 5) is 18.6. The van der Waals surface area contributed by atoms with Crippen LogP contribution >= 0.6 is 0 Å². The van der Waals surface area contributed by atoms with Crippen LogP contribution < -0.4 is 4.74 Å². The average molecular weight is 426 g/mol. The molecule has 0 bridgehead atoms. The van der Waals surface area contributed by atoms with E-state index in [0.717, 1.165) is 28.8 Å². The molecule has 3 heterocycles. The van der Waals surface area contributed by atoms with Gasteiger partial charge in [-0.25, -0.2) is 13.8 Å². The number of halogens is 2. The third-order valence-corrected chi connectivity index (χ3v) is 5.42. The van der Waals surface area contributed by atoms with E-state index >= 15 is 0 Å². The first kappa shape index (κ1) is 21.0. The Bertz CT molecular complexity index is 1080. The van der Waals surface area contributed by atoms with E-state index < -0.39 is 12.5 Å². The second-order valence-electron chi connectivity index (χ2n) is 7.59. The Morgan fingerprint density at radius 2 is 1.90 bits per heavy atom. The molecule has 31 heavy (non-hydrogen) atoms. The first-order valence-corrected chi connectivity index (χ1v) is 10.3. The van der Waals surface area contributed by atoms with Crippen LogP contribution in [0.15, 0.2) is 48.9 Å². The average Bonchev–Trinajstić information content (AvgIpc) is 3.38. The minimum atomic E-state index is -2.96. The minimum Gasteiger partial charge on any atom is -0.471 e. The van der Waals surface area contributed by atoms with Gasteiger partial charge in [-0.15, -0.1) is 0 Å². The molecule has 4 rings (SSSR count). The van der Waals surface area contributed by atoms with Gasteiger partial charge in [-0.2, -0.15) is 5.10 Å². The zero-order chi connectivity index (χ0) is 22.0. The van der Waals surface area contributed by atoms with E-state index in [2.05, 4.69) is 10.1 Å². The Morgan fingerprint density at radius 1 is 1.13 bits per heavy atom. The molecule has 1 aromatic carbocycles. The number of hydrogen-bond donors (Lipinski definition) is 0. The van der Waals surface area contributed by atoms with Gasteiger partial charge in [0, 0.05) is 44.0 Å². The monoisotopic (exact) mass is 426 g/mol. The second-order valence-corrected chi connectivity index (χ2v) is 7.59. The number of hydrogen-bond acceptors (Lipinski definition) is 4. The quantitative estimate of drug-likeness (QED) is 0.530. The van der Waals surface area contributed by atoms with E-state index in [1.165, 1.54) is 13.1 Å². The fraction of sp³-hybridized carbons (Fsp3) is 0.348. The molecule has 162 valence electrons. The summed E-state index contributed by atoms with van der Waals surface area (Å²) >= 11 is 0. The van der Waals surface area contributed by atoms with Crippen LogP contribution in [-0.2, 0) is 19.6 Å². The topological polar surface area (TPSA) is 60.2 Å². The second kappa shape index (κ2) is 8.45. The number of carbonyl (C=O) groups is 1. The predicted molar refractivity (Wildman–Crippen MR) is 112 cm³/mol. The van der Waals surface area contributed by atoms with Crippen molar-refractivity contribution < 1.29 is 18.3 Å². The maximum absolute atomic E-state index is 13.6. The molecule has 0 saturated carbocycles. The van der Waals surface area contributed by atoms with Gasteiger partial charge in [-0.1, -0.05) is 31.2 Å². The first-order valence-electron chi connectivity index (χ1n) is 10.3. The Balaban J connectivity index is 1.46. The smallest absolute Gasteiger partial charge is 0.281 e. The molecule has 0 radical (unpaired) electrons. The van der Waals surface area contributed by atoms with Crippen molar-refractivity contribution in [3.63, 3.8) is 0 Å². The summed E-state index contributed by atoms with van der Waals surface area (Å²) in [7, 11) is 0. The lowest BCUT2D eigenvalue weighted by Crippen LogP contribution is -2.26. The van der Waals surface area contributed by atoms with Crippen LogP contribution in [0.4, 0.5) is 8.78 Å². The molecule has 8 heteroatoms. The van der Waals surface area contributed by atoms with Gasteiger partial charge in [-0.3, -0.25) is 9.48 Å². The van der Waals surface area contributed by atoms with Gasteiger partial charge in [0.2, 0.25) is 5.88 Å². The summed E-state index contributed by atoms with van der Waals surface area (Å²) in [5.74, 6) is -3.24. The molecule has 0 unspecified atom stereocenters. The zero-order valence-corrected chi connectivity index (χ0v) is 17.5. The largest absolute Gasteiger partial charge is 0.471 e. The Kier molecular flexibility index (Phi) is 5.71. The first-order chi connectivity index (χ1) is 14.9. The summed E-state index contributed by atoms with van der Waals surface area (Å²) in [6, 6.07) is 9.69. The Hall–Kier alpha value is -3.29. The summed E-state index contributed by atoms with van der Waals surface area (Å²) < 4.78 is 34.3. The van der Waals surface area contributed by atoms with E-state index in [1.54, 1.807) is 11.0 Å². The van der Waals surface area contributed by atoms with Crippen LogP contribution in [0.25, 0.3) is 11.1 Å². The molecule has 0 spiro atoms. The highest BCUT2D eigenvalue weighted by molar-refractivity contribution is 6.00. The number of rotatable bonds is 8. The molecule has 1 aliphatic rings. The van der Waals surface area contributed by atoms with Gasteiger partial charge in [0.1, 0.15) is 5.56 Å². The molecule has 0 atom stereocenters. The van der Waals surface area contributed by atoms with Crippen molar-refractivity contribution in [2.45, 2.75) is 45.8 Å². The van der Waals surface area contributed by atoms with E-state index in [-0.39, 0.29) is 23.8 Å². The molecule has 0 N–H and O–H groups in total. The fourth-order valence-electron chi connectivity index (χ4n) is 3.50. The Morgan fingerprint density at radius 3 is 2.58 bits per heavy atom. The number of nitrogens with zero attached hydrogens (tertiary/aromatic N) is 4. The number of aromatic nitrogens is 3. The third-order valence-electron chi connectivity index (χ3n) is 5.42. The van der Waals surface area contributed by atoms with Crippen molar-refractivity contribution in [1.29, 1.82) is 0 Å². The van der Waals surface area contributed by atoms with Crippen molar-refractivity contribution >= 4 is 5.91 Å². The molecule has 1 aliphatic heterocycles. The maximum Gasteiger partial charge on any atom is 0.281 e. The summed E-state index contributed by atoms with van der Waals surface area (Å²) in [6.45, 7) is 4.24. The van der Waals surface area contributed by atoms with Crippen molar-refractivity contribution in [1.82, 2.24) is 19.7 Å². The van der Waals surface area contributed by atoms with Crippen LogP contribution in [0.1, 0.15) is 41.8 Å². The standard InChI is InChI=1S/C23H24F2N4O2/c1-3-23(24,25)15-31-21-20-18(9-10-26-21)13-28(22(20)30)12-16-5-7-17(8-6-16)19-11-27-29(4-2)14-19/h5-11,14H,3-4,12-13,15H2,1-2H3. The normalized spacial score (nSPS) is 13.5. The van der Waals surface area contributed by atoms with Gasteiger partial charge >= 0.3 is 0 Å². The van der Waals surface area contributed by atoms with Gasteiger partial charge in [-0.05, 0) is 29.7 Å². The molecule has 0 aliphatic carbocycles. The number of amides is 1. The molecule has 0 saturated heterocycles. The minimum absolute atomic E-state index is 0.0265. The number of fused-ring (bicyclic) bond motifs is 1. The number of alkyl halides is 2. The lowest BCUT2D eigenvalue weighted by atomic mass is 10.1. The molecule has 3 aromatic rings. The molecular weight excluding hydrogens is 402 g/mol. The van der Waals surface area contributed by atoms with Crippen molar-refractivity contribution in [2.24, 2.45) is 0 Å². The Labute approximate surface area is 179 Å². The van der Waals surface area contributed by atoms with Crippen molar-refractivity contribution in [3.8, 4) is 17.0 Å². The fourth-order valence-corrected chi connectivity index (χ4v) is 3.50. The number of ether oxygens (including phenoxy) is 1. The van der Waals surface area contributed by atoms with Gasteiger partial charge < -0.3 is 9.64 Å². The van der Waals surface area contributed by atoms with Crippen LogP contribution in [0.3, 0.4) is 0 Å². The summed E-state index contributed by atoms with van der Waals surface area (Å²) in [5.41, 5.74) is 4.07. The molecule has 2 aromatic heterocycles. The highest BCUT2D eigenvalue weighted by Gasteiger charge is 2.34. The van der Waals surface area contributed by atoms with E-state index in [4.69, 9.17) is 4.74 Å². The molecule has 6 nitrogen and oxygen atoms in total. The number of carbonyl (C=O) groups excluding carboxylic acids is 1. The van der Waals surface area contributed by atoms with Crippen molar-refractivity contribution in [2.75, 3.05) is 6.61 Å². The highest BCUT2D eigenvalue weighted by Crippen LogP contribution is 2.31. The van der Waals surface area contributed by atoms with Crippen LogP contribution in [0.2, 0.25) is 0 Å². The summed E-state index contributed by atoms with van der Waals surface area (Å²) in [5, 5.41) is 4.29. The third kappa shape index (κ3) is 4.42. The lowest BCUT2D eigenvalue weighted by Gasteiger charge is -2.17. The summed E-state index contributed by atoms with van der Waals surface area (Å²) in [6.07, 6.45) is 4.97. The van der Waals surface area contributed by atoms with E-state index in [0.29, 0.717) is 13.1 Å². The van der Waals surface area contributed by atoms with Gasteiger partial charge in [0.05, 0.1) is 6.20 Å². The van der Waals surface area contributed by atoms with Gasteiger partial charge in [0.15, 0.2) is 6.61 Å². The van der Waals surface area contributed by atoms with Crippen molar-refractivity contribution in [3.05, 3.63) is 65.6 Å². The van der Waals surface area contributed by atoms with E-state index in [9.17, 15) is 13.6 Å². The SMILES string of the molecule is CCn1cc(-c2ccc(CN3Cc4ccnc(OCC(F)(F)CC)c4C3=O)cc2)cn1. The predicted octanol–water partition coefficient (Wildman–Crippen LogP) is 4.55. The molecule has 1 amide bonds. The maximum atomic E-state index is 13.6. The van der Waals surface area contributed by atoms with Crippen LogP contribution in [0.5, 0.6) is 5.88 Å². The highest BCUT2D eigenvalue weighted by atomic mass is 19.3. The number of pyridine rings is 1. The number of aryl methyl sites for hydroxylation is 1. The van der Waals surface area contributed by atoms with Crippen LogP contribution in [0, 0.1) is 0 Å². The lowest BCUT2D eigenvalue weighted by molar-refractivity contribution is -0.0449. The molecule has 0 fully saturated rings. The molecular formula is C23H24F2N4O2. The van der Waals surface area contributed by atoms with Crippen LogP contribution in [-0.4, -0.2) is 38.1 Å². The number of benzene rings is 1. The zero-order valence-electron chi connectivity index (χ0n) is 17.5. The van der Waals surface area contributed by atoms with E-state index in [1.807, 2.05) is 48.3 Å². The van der Waals surface area contributed by atoms with Gasteiger partial charge in [0.25, 0.3) is 11.8 Å².